The van der Waals surface area contributed by atoms with Gasteiger partial charge in [0.25, 0.3) is 0 Å². The third-order valence-electron chi connectivity index (χ3n) is 5.09. The molecule has 7 heteroatoms. The first-order chi connectivity index (χ1) is 14.2. The minimum absolute atomic E-state index is 0.455. The maximum atomic E-state index is 5.48. The third kappa shape index (κ3) is 5.70. The van der Waals surface area contributed by atoms with Crippen molar-refractivity contribution in [3.05, 3.63) is 71.4 Å². The largest absolute Gasteiger partial charge is 0.359 e. The number of guanidine groups is 1. The van der Waals surface area contributed by atoms with Crippen molar-refractivity contribution in [2.45, 2.75) is 52.2 Å². The second-order valence-corrected chi connectivity index (χ2v) is 6.98. The Morgan fingerprint density at radius 3 is 2.55 bits per heavy atom. The summed E-state index contributed by atoms with van der Waals surface area (Å²) in [4.78, 5) is 4.31. The first kappa shape index (κ1) is 20.6. The molecule has 0 saturated carbocycles. The van der Waals surface area contributed by atoms with E-state index < -0.39 is 0 Å². The topological polar surface area (TPSA) is 80.3 Å². The molecule has 0 bridgehead atoms. The molecule has 0 aliphatic heterocycles. The maximum Gasteiger partial charge on any atom is 0.191 e. The molecule has 0 amide bonds. The van der Waals surface area contributed by atoms with Crippen LogP contribution in [0.1, 0.15) is 55.2 Å². The Balaban J connectivity index is 1.55. The Kier molecular flexibility index (Phi) is 7.44. The lowest BCUT2D eigenvalue weighted by Gasteiger charge is -2.14. The number of benzene rings is 1. The van der Waals surface area contributed by atoms with Crippen LogP contribution in [0.4, 0.5) is 0 Å². The average Bonchev–Trinajstić information content (AvgIpc) is 3.43. The molecule has 0 fully saturated rings. The van der Waals surface area contributed by atoms with E-state index in [0.717, 1.165) is 36.8 Å². The van der Waals surface area contributed by atoms with Crippen LogP contribution in [0.2, 0.25) is 0 Å². The fraction of sp³-hybridized carbons (Fsp3) is 0.409. The van der Waals surface area contributed by atoms with Crippen molar-refractivity contribution < 1.29 is 4.52 Å². The standard InChI is InChI=1S/C22H30N6O/c1-4-17(5-2)21-13-20(29-27-21)15-25-22(23-3)24-14-18-9-6-7-10-19(18)16-28-12-8-11-26-28/h6-13,17H,4-5,14-16H2,1-3H3,(H2,23,24,25). The van der Waals surface area contributed by atoms with Gasteiger partial charge in [-0.15, -0.1) is 0 Å². The van der Waals surface area contributed by atoms with Crippen molar-refractivity contribution >= 4 is 5.96 Å². The van der Waals surface area contributed by atoms with Crippen LogP contribution in [0.3, 0.4) is 0 Å². The van der Waals surface area contributed by atoms with Gasteiger partial charge in [0.1, 0.15) is 0 Å². The number of aliphatic imine (C=N–C) groups is 1. The van der Waals surface area contributed by atoms with Gasteiger partial charge in [-0.2, -0.15) is 5.10 Å². The molecule has 3 aromatic rings. The highest BCUT2D eigenvalue weighted by Crippen LogP contribution is 2.22. The van der Waals surface area contributed by atoms with Crippen molar-refractivity contribution in [1.29, 1.82) is 0 Å². The van der Waals surface area contributed by atoms with E-state index in [-0.39, 0.29) is 0 Å². The quantitative estimate of drug-likeness (QED) is 0.427. The van der Waals surface area contributed by atoms with Gasteiger partial charge in [0.2, 0.25) is 0 Å². The molecule has 0 unspecified atom stereocenters. The van der Waals surface area contributed by atoms with Crippen LogP contribution in [-0.4, -0.2) is 27.9 Å². The molecule has 29 heavy (non-hydrogen) atoms. The van der Waals surface area contributed by atoms with Crippen molar-refractivity contribution in [3.8, 4) is 0 Å². The molecule has 0 atom stereocenters. The zero-order chi connectivity index (χ0) is 20.5. The predicted molar refractivity (Wildman–Crippen MR) is 115 cm³/mol. The number of nitrogens with one attached hydrogen (secondary N) is 2. The Labute approximate surface area is 172 Å². The number of aromatic nitrogens is 3. The summed E-state index contributed by atoms with van der Waals surface area (Å²) >= 11 is 0. The number of hydrogen-bond acceptors (Lipinski definition) is 4. The molecule has 7 nitrogen and oxygen atoms in total. The zero-order valence-corrected chi connectivity index (χ0v) is 17.4. The van der Waals surface area contributed by atoms with Crippen LogP contribution in [0.25, 0.3) is 0 Å². The molecule has 154 valence electrons. The van der Waals surface area contributed by atoms with Crippen molar-refractivity contribution in [2.75, 3.05) is 7.05 Å². The van der Waals surface area contributed by atoms with E-state index in [4.69, 9.17) is 4.52 Å². The summed E-state index contributed by atoms with van der Waals surface area (Å²) in [5.41, 5.74) is 3.47. The van der Waals surface area contributed by atoms with E-state index in [1.807, 2.05) is 29.1 Å². The summed E-state index contributed by atoms with van der Waals surface area (Å²) in [5.74, 6) is 1.99. The van der Waals surface area contributed by atoms with Crippen LogP contribution >= 0.6 is 0 Å². The van der Waals surface area contributed by atoms with Gasteiger partial charge in [-0.25, -0.2) is 0 Å². The molecule has 0 spiro atoms. The average molecular weight is 395 g/mol. The van der Waals surface area contributed by atoms with Gasteiger partial charge in [0, 0.05) is 38.0 Å². The summed E-state index contributed by atoms with van der Waals surface area (Å²) in [6, 6.07) is 12.3. The fourth-order valence-corrected chi connectivity index (χ4v) is 3.33. The maximum absolute atomic E-state index is 5.48. The van der Waals surface area contributed by atoms with Gasteiger partial charge in [0.05, 0.1) is 18.8 Å². The van der Waals surface area contributed by atoms with Gasteiger partial charge >= 0.3 is 0 Å². The molecule has 0 aliphatic rings. The highest BCUT2D eigenvalue weighted by Gasteiger charge is 2.13. The molecular weight excluding hydrogens is 364 g/mol. The molecule has 0 saturated heterocycles. The monoisotopic (exact) mass is 394 g/mol. The van der Waals surface area contributed by atoms with Crippen LogP contribution < -0.4 is 10.6 Å². The molecule has 2 N–H and O–H groups in total. The SMILES string of the molecule is CCC(CC)c1cc(CNC(=NC)NCc2ccccc2Cn2cccn2)on1. The second-order valence-electron chi connectivity index (χ2n) is 6.98. The van der Waals surface area contributed by atoms with Gasteiger partial charge in [-0.1, -0.05) is 43.3 Å². The van der Waals surface area contributed by atoms with Gasteiger partial charge in [-0.3, -0.25) is 9.67 Å². The van der Waals surface area contributed by atoms with Crippen LogP contribution in [0.15, 0.2) is 58.3 Å². The smallest absolute Gasteiger partial charge is 0.191 e. The Hall–Kier alpha value is -3.09. The van der Waals surface area contributed by atoms with Crippen LogP contribution in [-0.2, 0) is 19.6 Å². The Bertz CT molecular complexity index is 896. The molecule has 2 aromatic heterocycles. The highest BCUT2D eigenvalue weighted by molar-refractivity contribution is 5.79. The molecule has 0 aliphatic carbocycles. The number of hydrogen-bond donors (Lipinski definition) is 2. The van der Waals surface area contributed by atoms with E-state index in [1.54, 1.807) is 13.2 Å². The predicted octanol–water partition coefficient (Wildman–Crippen LogP) is 3.69. The van der Waals surface area contributed by atoms with Crippen molar-refractivity contribution in [1.82, 2.24) is 25.6 Å². The molecule has 1 aromatic carbocycles. The molecule has 2 heterocycles. The van der Waals surface area contributed by atoms with Gasteiger partial charge < -0.3 is 15.2 Å². The molecule has 0 radical (unpaired) electrons. The number of nitrogens with zero attached hydrogens (tertiary/aromatic N) is 4. The van der Waals surface area contributed by atoms with Gasteiger partial charge in [-0.05, 0) is 30.0 Å². The van der Waals surface area contributed by atoms with E-state index >= 15 is 0 Å². The summed E-state index contributed by atoms with van der Waals surface area (Å²) < 4.78 is 7.40. The van der Waals surface area contributed by atoms with E-state index in [9.17, 15) is 0 Å². The van der Waals surface area contributed by atoms with E-state index in [2.05, 4.69) is 57.9 Å². The fourth-order valence-electron chi connectivity index (χ4n) is 3.33. The minimum Gasteiger partial charge on any atom is -0.359 e. The minimum atomic E-state index is 0.455. The second kappa shape index (κ2) is 10.5. The summed E-state index contributed by atoms with van der Waals surface area (Å²) in [6.45, 7) is 6.31. The van der Waals surface area contributed by atoms with Crippen molar-refractivity contribution in [3.63, 3.8) is 0 Å². The first-order valence-corrected chi connectivity index (χ1v) is 10.2. The lowest BCUT2D eigenvalue weighted by atomic mass is 9.99. The highest BCUT2D eigenvalue weighted by atomic mass is 16.5. The van der Waals surface area contributed by atoms with E-state index in [0.29, 0.717) is 19.0 Å². The molecular formula is C22H30N6O. The van der Waals surface area contributed by atoms with Crippen LogP contribution in [0, 0.1) is 0 Å². The molecule has 3 rings (SSSR count). The Morgan fingerprint density at radius 2 is 1.86 bits per heavy atom. The van der Waals surface area contributed by atoms with E-state index in [1.165, 1.54) is 11.1 Å². The first-order valence-electron chi connectivity index (χ1n) is 10.2. The van der Waals surface area contributed by atoms with Crippen molar-refractivity contribution in [2.24, 2.45) is 4.99 Å². The normalized spacial score (nSPS) is 11.8. The summed E-state index contributed by atoms with van der Waals surface area (Å²) in [5, 5.41) is 15.2. The summed E-state index contributed by atoms with van der Waals surface area (Å²) in [6.07, 6.45) is 5.90. The lowest BCUT2D eigenvalue weighted by Crippen LogP contribution is -2.36. The zero-order valence-electron chi connectivity index (χ0n) is 17.4. The van der Waals surface area contributed by atoms with Crippen LogP contribution in [0.5, 0.6) is 0 Å². The van der Waals surface area contributed by atoms with Gasteiger partial charge in [0.15, 0.2) is 11.7 Å². The lowest BCUT2D eigenvalue weighted by molar-refractivity contribution is 0.368. The third-order valence-corrected chi connectivity index (χ3v) is 5.09. The number of rotatable bonds is 9. The Morgan fingerprint density at radius 1 is 1.10 bits per heavy atom. The summed E-state index contributed by atoms with van der Waals surface area (Å²) in [7, 11) is 1.76.